The van der Waals surface area contributed by atoms with Crippen molar-refractivity contribution in [3.8, 4) is 11.5 Å². The lowest BCUT2D eigenvalue weighted by Gasteiger charge is -2.07. The summed E-state index contributed by atoms with van der Waals surface area (Å²) in [5.74, 6) is 0.404. The van der Waals surface area contributed by atoms with Gasteiger partial charge in [0.25, 0.3) is 0 Å². The molecule has 5 heteroatoms. The lowest BCUT2D eigenvalue weighted by Crippen LogP contribution is -2.13. The van der Waals surface area contributed by atoms with Crippen LogP contribution in [0.4, 0.5) is 0 Å². The van der Waals surface area contributed by atoms with E-state index in [0.29, 0.717) is 22.6 Å². The Morgan fingerprint density at radius 1 is 1.00 bits per heavy atom. The highest BCUT2D eigenvalue weighted by Crippen LogP contribution is 2.25. The minimum Gasteiger partial charge on any atom is -0.497 e. The third kappa shape index (κ3) is 4.96. The van der Waals surface area contributed by atoms with Gasteiger partial charge in [-0.3, -0.25) is 4.79 Å². The lowest BCUT2D eigenvalue weighted by molar-refractivity contribution is -0.136. The zero-order valence-electron chi connectivity index (χ0n) is 15.4. The topological polar surface area (TPSA) is 61.8 Å². The van der Waals surface area contributed by atoms with E-state index in [1.807, 2.05) is 26.0 Å². The Kier molecular flexibility index (Phi) is 6.55. The average molecular weight is 354 g/mol. The van der Waals surface area contributed by atoms with Gasteiger partial charge in [0.2, 0.25) is 5.78 Å². The highest BCUT2D eigenvalue weighted by atomic mass is 16.5. The molecular weight excluding hydrogens is 332 g/mol. The lowest BCUT2D eigenvalue weighted by atomic mass is 10.0. The van der Waals surface area contributed by atoms with Crippen molar-refractivity contribution in [2.75, 3.05) is 20.8 Å². The number of ether oxygens (including phenoxy) is 3. The second-order valence-corrected chi connectivity index (χ2v) is 5.79. The smallest absolute Gasteiger partial charge is 0.331 e. The second kappa shape index (κ2) is 8.85. The van der Waals surface area contributed by atoms with Crippen LogP contribution in [0.5, 0.6) is 11.5 Å². The first-order valence-corrected chi connectivity index (χ1v) is 8.12. The molecule has 0 saturated carbocycles. The third-order valence-corrected chi connectivity index (χ3v) is 3.86. The molecule has 0 spiro atoms. The van der Waals surface area contributed by atoms with E-state index in [1.165, 1.54) is 6.08 Å². The van der Waals surface area contributed by atoms with E-state index in [9.17, 15) is 9.59 Å². The van der Waals surface area contributed by atoms with Crippen molar-refractivity contribution in [2.24, 2.45) is 0 Å². The predicted octanol–water partition coefficient (Wildman–Crippen LogP) is 3.76. The van der Waals surface area contributed by atoms with Gasteiger partial charge >= 0.3 is 5.97 Å². The number of esters is 1. The summed E-state index contributed by atoms with van der Waals surface area (Å²) in [6.45, 7) is 3.51. The summed E-state index contributed by atoms with van der Waals surface area (Å²) in [6, 6.07) is 10.8. The van der Waals surface area contributed by atoms with Crippen molar-refractivity contribution in [1.82, 2.24) is 0 Å². The zero-order chi connectivity index (χ0) is 19.1. The number of methoxy groups -OCH3 is 2. The molecule has 0 aliphatic rings. The molecule has 0 aliphatic heterocycles. The SMILES string of the molecule is COc1ccc(OC)c(/C=C/C(=O)OCC(=O)c2ccc(C)cc2C)c1. The van der Waals surface area contributed by atoms with Gasteiger partial charge in [0, 0.05) is 17.2 Å². The normalized spacial score (nSPS) is 10.6. The van der Waals surface area contributed by atoms with Crippen LogP contribution in [0.15, 0.2) is 42.5 Å². The Labute approximate surface area is 153 Å². The fourth-order valence-corrected chi connectivity index (χ4v) is 2.52. The molecule has 0 aromatic heterocycles. The van der Waals surface area contributed by atoms with Gasteiger partial charge in [0.05, 0.1) is 14.2 Å². The predicted molar refractivity (Wildman–Crippen MR) is 99.8 cm³/mol. The molecule has 0 radical (unpaired) electrons. The number of aryl methyl sites for hydroxylation is 2. The molecule has 0 N–H and O–H groups in total. The molecule has 2 aromatic rings. The maximum atomic E-state index is 12.2. The van der Waals surface area contributed by atoms with Crippen molar-refractivity contribution >= 4 is 17.8 Å². The molecule has 0 aliphatic carbocycles. The maximum absolute atomic E-state index is 12.2. The Morgan fingerprint density at radius 3 is 2.42 bits per heavy atom. The first-order valence-electron chi connectivity index (χ1n) is 8.12. The Bertz CT molecular complexity index is 836. The monoisotopic (exact) mass is 354 g/mol. The fourth-order valence-electron chi connectivity index (χ4n) is 2.52. The molecule has 5 nitrogen and oxygen atoms in total. The fraction of sp³-hybridized carbons (Fsp3) is 0.238. The molecule has 2 aromatic carbocycles. The molecule has 136 valence electrons. The number of carbonyl (C=O) groups is 2. The molecule has 26 heavy (non-hydrogen) atoms. The second-order valence-electron chi connectivity index (χ2n) is 5.79. The van der Waals surface area contributed by atoms with E-state index in [0.717, 1.165) is 11.1 Å². The van der Waals surface area contributed by atoms with Gasteiger partial charge < -0.3 is 14.2 Å². The van der Waals surface area contributed by atoms with Crippen LogP contribution in [-0.2, 0) is 9.53 Å². The number of rotatable bonds is 7. The number of carbonyl (C=O) groups excluding carboxylic acids is 2. The number of benzene rings is 2. The number of Topliss-reactive ketones (excluding diaryl/α,β-unsaturated/α-hetero) is 1. The Balaban J connectivity index is 2.00. The van der Waals surface area contributed by atoms with E-state index >= 15 is 0 Å². The van der Waals surface area contributed by atoms with Crippen LogP contribution in [-0.4, -0.2) is 32.6 Å². The quantitative estimate of drug-likeness (QED) is 0.430. The van der Waals surface area contributed by atoms with Gasteiger partial charge in [-0.05, 0) is 43.7 Å². The highest BCUT2D eigenvalue weighted by molar-refractivity contribution is 6.00. The van der Waals surface area contributed by atoms with Crippen LogP contribution in [0, 0.1) is 13.8 Å². The van der Waals surface area contributed by atoms with Gasteiger partial charge in [-0.1, -0.05) is 23.8 Å². The highest BCUT2D eigenvalue weighted by Gasteiger charge is 2.11. The first kappa shape index (κ1) is 19.2. The van der Waals surface area contributed by atoms with Gasteiger partial charge in [-0.25, -0.2) is 4.79 Å². The van der Waals surface area contributed by atoms with Crippen molar-refractivity contribution in [3.05, 3.63) is 64.7 Å². The van der Waals surface area contributed by atoms with E-state index in [4.69, 9.17) is 14.2 Å². The average Bonchev–Trinajstić information content (AvgIpc) is 2.64. The summed E-state index contributed by atoms with van der Waals surface area (Å²) in [4.78, 5) is 24.1. The summed E-state index contributed by atoms with van der Waals surface area (Å²) in [6.07, 6.45) is 2.82. The molecule has 0 bridgehead atoms. The Hall–Kier alpha value is -3.08. The van der Waals surface area contributed by atoms with Crippen molar-refractivity contribution in [1.29, 1.82) is 0 Å². The first-order chi connectivity index (χ1) is 12.4. The Morgan fingerprint density at radius 2 is 1.77 bits per heavy atom. The van der Waals surface area contributed by atoms with Crippen molar-refractivity contribution in [3.63, 3.8) is 0 Å². The van der Waals surface area contributed by atoms with E-state index < -0.39 is 5.97 Å². The molecular formula is C21H22O5. The summed E-state index contributed by atoms with van der Waals surface area (Å²) in [5.41, 5.74) is 3.17. The van der Waals surface area contributed by atoms with Gasteiger partial charge in [0.1, 0.15) is 11.5 Å². The van der Waals surface area contributed by atoms with Gasteiger partial charge in [0.15, 0.2) is 6.61 Å². The maximum Gasteiger partial charge on any atom is 0.331 e. The summed E-state index contributed by atoms with van der Waals surface area (Å²) < 4.78 is 15.4. The minimum atomic E-state index is -0.604. The molecule has 0 atom stereocenters. The van der Waals surface area contributed by atoms with E-state index in [-0.39, 0.29) is 12.4 Å². The summed E-state index contributed by atoms with van der Waals surface area (Å²) >= 11 is 0. The van der Waals surface area contributed by atoms with Gasteiger partial charge in [-0.15, -0.1) is 0 Å². The van der Waals surface area contributed by atoms with Crippen LogP contribution >= 0.6 is 0 Å². The molecule has 0 fully saturated rings. The number of ketones is 1. The van der Waals surface area contributed by atoms with Crippen LogP contribution in [0.3, 0.4) is 0 Å². The molecule has 2 rings (SSSR count). The molecule has 0 amide bonds. The minimum absolute atomic E-state index is 0.233. The van der Waals surface area contributed by atoms with E-state index in [1.54, 1.807) is 44.6 Å². The largest absolute Gasteiger partial charge is 0.497 e. The van der Waals surface area contributed by atoms with Crippen LogP contribution in [0.1, 0.15) is 27.0 Å². The third-order valence-electron chi connectivity index (χ3n) is 3.86. The standard InChI is InChI=1S/C21H22O5/c1-14-5-8-18(15(2)11-14)19(22)13-26-21(23)10-6-16-12-17(24-3)7-9-20(16)25-4/h5-12H,13H2,1-4H3/b10-6+. The van der Waals surface area contributed by atoms with Crippen LogP contribution in [0.2, 0.25) is 0 Å². The van der Waals surface area contributed by atoms with Crippen molar-refractivity contribution < 1.29 is 23.8 Å². The van der Waals surface area contributed by atoms with E-state index in [2.05, 4.69) is 0 Å². The van der Waals surface area contributed by atoms with Crippen LogP contribution in [0.25, 0.3) is 6.08 Å². The molecule has 0 unspecified atom stereocenters. The summed E-state index contributed by atoms with van der Waals surface area (Å²) in [7, 11) is 3.10. The number of hydrogen-bond donors (Lipinski definition) is 0. The number of hydrogen-bond acceptors (Lipinski definition) is 5. The molecule has 0 saturated heterocycles. The van der Waals surface area contributed by atoms with Gasteiger partial charge in [-0.2, -0.15) is 0 Å². The summed E-state index contributed by atoms with van der Waals surface area (Å²) in [5, 5.41) is 0. The van der Waals surface area contributed by atoms with Crippen molar-refractivity contribution in [2.45, 2.75) is 13.8 Å². The zero-order valence-corrected chi connectivity index (χ0v) is 15.4. The molecule has 0 heterocycles. The van der Waals surface area contributed by atoms with Crippen LogP contribution < -0.4 is 9.47 Å².